The number of nitrogens with zero attached hydrogens (tertiary/aromatic N) is 5. The fourth-order valence-electron chi connectivity index (χ4n) is 3.10. The number of carbonyl (C=O) groups is 2. The van der Waals surface area contributed by atoms with E-state index in [1.165, 1.54) is 15.8 Å². The summed E-state index contributed by atoms with van der Waals surface area (Å²) < 4.78 is 44.5. The molecular formula is C23H24F3N5O3. The SMILES string of the molecule is Cc1c(C(=O)OCC(=O)N(C)Cc2ccc(N(C)C)cc2)cnn1-c1ccc(C(F)(F)F)cn1. The number of hydrogen-bond acceptors (Lipinski definition) is 6. The van der Waals surface area contributed by atoms with E-state index in [1.54, 1.807) is 14.0 Å². The van der Waals surface area contributed by atoms with Crippen LogP contribution in [0.1, 0.15) is 27.2 Å². The van der Waals surface area contributed by atoms with Crippen molar-refractivity contribution in [3.05, 3.63) is 71.2 Å². The van der Waals surface area contributed by atoms with Crippen LogP contribution in [0.3, 0.4) is 0 Å². The number of halogens is 3. The van der Waals surface area contributed by atoms with E-state index in [2.05, 4.69) is 10.1 Å². The summed E-state index contributed by atoms with van der Waals surface area (Å²) in [5.74, 6) is -1.05. The number of alkyl halides is 3. The molecule has 0 saturated heterocycles. The Morgan fingerprint density at radius 2 is 1.71 bits per heavy atom. The van der Waals surface area contributed by atoms with Gasteiger partial charge in [-0.3, -0.25) is 4.79 Å². The molecule has 1 amide bonds. The quantitative estimate of drug-likeness (QED) is 0.487. The van der Waals surface area contributed by atoms with Gasteiger partial charge in [0.15, 0.2) is 12.4 Å². The molecule has 11 heteroatoms. The van der Waals surface area contributed by atoms with Crippen LogP contribution in [0.5, 0.6) is 0 Å². The van der Waals surface area contributed by atoms with E-state index in [4.69, 9.17) is 4.74 Å². The van der Waals surface area contributed by atoms with Crippen LogP contribution >= 0.6 is 0 Å². The predicted molar refractivity (Wildman–Crippen MR) is 119 cm³/mol. The van der Waals surface area contributed by atoms with E-state index in [0.29, 0.717) is 18.4 Å². The van der Waals surface area contributed by atoms with Crippen molar-refractivity contribution in [1.29, 1.82) is 0 Å². The number of ether oxygens (including phenoxy) is 1. The van der Waals surface area contributed by atoms with E-state index >= 15 is 0 Å². The third-order valence-electron chi connectivity index (χ3n) is 5.15. The minimum Gasteiger partial charge on any atom is -0.452 e. The van der Waals surface area contributed by atoms with Gasteiger partial charge in [-0.2, -0.15) is 18.3 Å². The van der Waals surface area contributed by atoms with Gasteiger partial charge in [0.2, 0.25) is 0 Å². The monoisotopic (exact) mass is 475 g/mol. The molecule has 8 nitrogen and oxygen atoms in total. The highest BCUT2D eigenvalue weighted by Crippen LogP contribution is 2.28. The summed E-state index contributed by atoms with van der Waals surface area (Å²) in [6.45, 7) is 1.43. The fraction of sp³-hybridized carbons (Fsp3) is 0.304. The number of anilines is 1. The molecule has 3 aromatic rings. The zero-order valence-corrected chi connectivity index (χ0v) is 19.1. The highest BCUT2D eigenvalue weighted by atomic mass is 19.4. The van der Waals surface area contributed by atoms with Gasteiger partial charge in [-0.15, -0.1) is 0 Å². The molecular weight excluding hydrogens is 451 g/mol. The minimum absolute atomic E-state index is 0.0800. The summed E-state index contributed by atoms with van der Waals surface area (Å²) in [6, 6.07) is 9.75. The largest absolute Gasteiger partial charge is 0.452 e. The van der Waals surface area contributed by atoms with E-state index in [-0.39, 0.29) is 17.3 Å². The summed E-state index contributed by atoms with van der Waals surface area (Å²) >= 11 is 0. The first kappa shape index (κ1) is 24.7. The molecule has 34 heavy (non-hydrogen) atoms. The van der Waals surface area contributed by atoms with Gasteiger partial charge in [-0.1, -0.05) is 12.1 Å². The Bertz CT molecular complexity index is 1160. The third-order valence-corrected chi connectivity index (χ3v) is 5.15. The smallest absolute Gasteiger partial charge is 0.417 e. The van der Waals surface area contributed by atoms with Crippen LogP contribution < -0.4 is 4.90 Å². The van der Waals surface area contributed by atoms with Gasteiger partial charge >= 0.3 is 12.1 Å². The molecule has 0 N–H and O–H groups in total. The first-order valence-corrected chi connectivity index (χ1v) is 10.2. The van der Waals surface area contributed by atoms with Crippen molar-refractivity contribution in [2.24, 2.45) is 0 Å². The standard InChI is InChI=1S/C23H24F3N5O3/c1-15-19(12-28-31(15)20-10-7-17(11-27-20)23(24,25)26)22(33)34-14-21(32)30(4)13-16-5-8-18(9-6-16)29(2)3/h5-12H,13-14H2,1-4H3. The molecule has 1 aromatic carbocycles. The maximum absolute atomic E-state index is 12.7. The molecule has 0 spiro atoms. The van der Waals surface area contributed by atoms with Crippen molar-refractivity contribution in [3.63, 3.8) is 0 Å². The number of amides is 1. The second kappa shape index (κ2) is 9.94. The zero-order valence-electron chi connectivity index (χ0n) is 19.1. The fourth-order valence-corrected chi connectivity index (χ4v) is 3.10. The maximum atomic E-state index is 12.7. The molecule has 2 heterocycles. The van der Waals surface area contributed by atoms with Crippen LogP contribution in [-0.4, -0.2) is 59.3 Å². The molecule has 0 aliphatic carbocycles. The van der Waals surface area contributed by atoms with Gasteiger partial charge in [-0.25, -0.2) is 14.5 Å². The average molecular weight is 475 g/mol. The molecule has 0 saturated carbocycles. The number of benzene rings is 1. The van der Waals surface area contributed by atoms with Gasteiger partial charge < -0.3 is 14.5 Å². The van der Waals surface area contributed by atoms with Crippen LogP contribution in [0.2, 0.25) is 0 Å². The second-order valence-electron chi connectivity index (χ2n) is 7.85. The Labute approximate surface area is 194 Å². The highest BCUT2D eigenvalue weighted by Gasteiger charge is 2.31. The van der Waals surface area contributed by atoms with E-state index in [1.807, 2.05) is 43.3 Å². The lowest BCUT2D eigenvalue weighted by Crippen LogP contribution is -2.30. The van der Waals surface area contributed by atoms with Crippen LogP contribution in [-0.2, 0) is 22.3 Å². The average Bonchev–Trinajstić information content (AvgIpc) is 3.18. The Balaban J connectivity index is 1.59. The Morgan fingerprint density at radius 1 is 1.03 bits per heavy atom. The minimum atomic E-state index is -4.50. The van der Waals surface area contributed by atoms with Gasteiger partial charge in [0.25, 0.3) is 5.91 Å². The second-order valence-corrected chi connectivity index (χ2v) is 7.85. The molecule has 2 aromatic heterocycles. The number of pyridine rings is 1. The van der Waals surface area contributed by atoms with Gasteiger partial charge in [0, 0.05) is 39.6 Å². The first-order chi connectivity index (χ1) is 16.0. The van der Waals surface area contributed by atoms with E-state index < -0.39 is 24.3 Å². The topological polar surface area (TPSA) is 80.6 Å². The molecule has 3 rings (SSSR count). The lowest BCUT2D eigenvalue weighted by Gasteiger charge is -2.18. The number of carbonyl (C=O) groups excluding carboxylic acids is 2. The molecule has 180 valence electrons. The van der Waals surface area contributed by atoms with Crippen molar-refractivity contribution in [2.75, 3.05) is 32.6 Å². The van der Waals surface area contributed by atoms with Crippen molar-refractivity contribution in [3.8, 4) is 5.82 Å². The molecule has 0 aliphatic heterocycles. The Hall–Kier alpha value is -3.89. The first-order valence-electron chi connectivity index (χ1n) is 10.2. The van der Waals surface area contributed by atoms with E-state index in [0.717, 1.165) is 23.4 Å². The molecule has 0 unspecified atom stereocenters. The summed E-state index contributed by atoms with van der Waals surface area (Å²) in [7, 11) is 5.48. The van der Waals surface area contributed by atoms with E-state index in [9.17, 15) is 22.8 Å². The van der Waals surface area contributed by atoms with Crippen LogP contribution in [0, 0.1) is 6.92 Å². The number of rotatable bonds is 7. The third kappa shape index (κ3) is 5.72. The summed E-state index contributed by atoms with van der Waals surface area (Å²) in [5, 5.41) is 4.01. The summed E-state index contributed by atoms with van der Waals surface area (Å²) in [4.78, 5) is 32.0. The van der Waals surface area contributed by atoms with Crippen molar-refractivity contribution in [2.45, 2.75) is 19.6 Å². The summed E-state index contributed by atoms with van der Waals surface area (Å²) in [6.07, 6.45) is -2.59. The molecule has 0 fully saturated rings. The van der Waals surface area contributed by atoms with Gasteiger partial charge in [-0.05, 0) is 36.8 Å². The number of hydrogen-bond donors (Lipinski definition) is 0. The molecule has 0 bridgehead atoms. The molecule has 0 atom stereocenters. The normalized spacial score (nSPS) is 11.3. The van der Waals surface area contributed by atoms with Gasteiger partial charge in [0.05, 0.1) is 17.5 Å². The lowest BCUT2D eigenvalue weighted by atomic mass is 10.2. The number of aromatic nitrogens is 3. The van der Waals surface area contributed by atoms with Crippen LogP contribution in [0.15, 0.2) is 48.8 Å². The van der Waals surface area contributed by atoms with Crippen LogP contribution in [0.25, 0.3) is 5.82 Å². The molecule has 0 radical (unpaired) electrons. The predicted octanol–water partition coefficient (Wildman–Crippen LogP) is 3.48. The number of likely N-dealkylation sites (N-methyl/N-ethyl adjacent to an activating group) is 1. The van der Waals surface area contributed by atoms with Crippen molar-refractivity contribution in [1.82, 2.24) is 19.7 Å². The lowest BCUT2D eigenvalue weighted by molar-refractivity contribution is -0.137. The zero-order chi connectivity index (χ0) is 25.0. The Morgan fingerprint density at radius 3 is 2.26 bits per heavy atom. The molecule has 0 aliphatic rings. The van der Waals surface area contributed by atoms with Crippen LogP contribution in [0.4, 0.5) is 18.9 Å². The van der Waals surface area contributed by atoms with Gasteiger partial charge in [0.1, 0.15) is 5.56 Å². The highest BCUT2D eigenvalue weighted by molar-refractivity contribution is 5.92. The van der Waals surface area contributed by atoms with Crippen molar-refractivity contribution >= 4 is 17.6 Å². The maximum Gasteiger partial charge on any atom is 0.417 e. The van der Waals surface area contributed by atoms with Crippen molar-refractivity contribution < 1.29 is 27.5 Å². The summed E-state index contributed by atoms with van der Waals surface area (Å²) in [5.41, 5.74) is 1.47. The number of esters is 1. The Kier molecular flexibility index (Phi) is 7.23.